The smallest absolute Gasteiger partial charge is 0.166 e. The fraction of sp³-hybridized carbons (Fsp3) is 0.400. The highest BCUT2D eigenvalue weighted by Gasteiger charge is 2.33. The Morgan fingerprint density at radius 2 is 1.86 bits per heavy atom. The molecule has 4 heteroatoms. The van der Waals surface area contributed by atoms with Crippen LogP contribution in [0.1, 0.15) is 29.9 Å². The van der Waals surface area contributed by atoms with Crippen LogP contribution in [0.15, 0.2) is 18.2 Å². The van der Waals surface area contributed by atoms with Gasteiger partial charge in [-0.1, -0.05) is 23.7 Å². The minimum Gasteiger partial charge on any atom is -0.166 e. The average Bonchev–Trinajstić information content (AvgIpc) is 2.83. The number of benzene rings is 1. The Labute approximate surface area is 81.5 Å². The predicted molar refractivity (Wildman–Crippen MR) is 51.6 cm³/mol. The van der Waals surface area contributed by atoms with Crippen LogP contribution in [0, 0.1) is 0 Å². The molecule has 0 bridgehead atoms. The first kappa shape index (κ1) is 9.62. The Morgan fingerprint density at radius 3 is 2.29 bits per heavy atom. The maximum atomic E-state index is 12.4. The van der Waals surface area contributed by atoms with Crippen molar-refractivity contribution in [3.05, 3.63) is 29.3 Å². The second kappa shape index (κ2) is 3.04. The summed E-state index contributed by atoms with van der Waals surface area (Å²) < 4.78 is 37.2. The molecule has 74 valence electrons. The molecule has 1 fully saturated rings. The largest absolute Gasteiger partial charge is 0.415 e. The molecule has 0 atom stereocenters. The van der Waals surface area contributed by atoms with Gasteiger partial charge in [0.15, 0.2) is 0 Å². The SMILES string of the molecule is Bc1cc(C2CC2)ccc1C(F)(F)F. The lowest BCUT2D eigenvalue weighted by molar-refractivity contribution is -0.136. The molecule has 0 radical (unpaired) electrons. The maximum Gasteiger partial charge on any atom is 0.415 e. The molecule has 1 aromatic rings. The van der Waals surface area contributed by atoms with Crippen LogP contribution in [0.4, 0.5) is 13.2 Å². The van der Waals surface area contributed by atoms with E-state index in [0.717, 1.165) is 18.4 Å². The molecule has 0 aliphatic heterocycles. The van der Waals surface area contributed by atoms with E-state index in [2.05, 4.69) is 0 Å². The van der Waals surface area contributed by atoms with E-state index in [9.17, 15) is 13.2 Å². The van der Waals surface area contributed by atoms with Gasteiger partial charge in [-0.3, -0.25) is 0 Å². The highest BCUT2D eigenvalue weighted by Crippen LogP contribution is 2.40. The van der Waals surface area contributed by atoms with Crippen LogP contribution in [0.3, 0.4) is 0 Å². The third-order valence-electron chi connectivity index (χ3n) is 2.60. The molecule has 0 amide bonds. The number of hydrogen-bond acceptors (Lipinski definition) is 0. The molecule has 1 aliphatic carbocycles. The van der Waals surface area contributed by atoms with Crippen LogP contribution < -0.4 is 5.46 Å². The standard InChI is InChI=1S/C10H10BF3/c11-9-5-7(6-1-2-6)3-4-8(9)10(12,13)14/h3-6H,1-2,11H2. The van der Waals surface area contributed by atoms with Gasteiger partial charge in [-0.2, -0.15) is 13.2 Å². The van der Waals surface area contributed by atoms with E-state index in [1.807, 2.05) is 0 Å². The van der Waals surface area contributed by atoms with E-state index >= 15 is 0 Å². The lowest BCUT2D eigenvalue weighted by Crippen LogP contribution is -2.20. The second-order valence-electron chi connectivity index (χ2n) is 3.85. The molecule has 2 rings (SSSR count). The zero-order valence-electron chi connectivity index (χ0n) is 7.86. The van der Waals surface area contributed by atoms with Crippen LogP contribution >= 0.6 is 0 Å². The van der Waals surface area contributed by atoms with Crippen LogP contribution in [0.2, 0.25) is 0 Å². The lowest BCUT2D eigenvalue weighted by Gasteiger charge is -2.11. The highest BCUT2D eigenvalue weighted by atomic mass is 19.4. The minimum absolute atomic E-state index is 0.335. The van der Waals surface area contributed by atoms with Gasteiger partial charge in [0, 0.05) is 5.56 Å². The van der Waals surface area contributed by atoms with Crippen molar-refractivity contribution in [3.63, 3.8) is 0 Å². The van der Waals surface area contributed by atoms with Gasteiger partial charge in [0.2, 0.25) is 0 Å². The zero-order valence-corrected chi connectivity index (χ0v) is 7.86. The Hall–Kier alpha value is -0.925. The molecule has 0 nitrogen and oxygen atoms in total. The Kier molecular flexibility index (Phi) is 2.09. The van der Waals surface area contributed by atoms with Gasteiger partial charge in [-0.15, -0.1) is 0 Å². The number of alkyl halides is 3. The predicted octanol–water partition coefficient (Wildman–Crippen LogP) is 1.84. The summed E-state index contributed by atoms with van der Waals surface area (Å²) >= 11 is 0. The minimum atomic E-state index is -4.22. The first-order valence-corrected chi connectivity index (χ1v) is 4.66. The van der Waals surface area contributed by atoms with E-state index in [4.69, 9.17) is 0 Å². The molecule has 1 aliphatic rings. The molecule has 0 N–H and O–H groups in total. The Bertz CT molecular complexity index is 353. The lowest BCUT2D eigenvalue weighted by atomic mass is 9.88. The molecule has 14 heavy (non-hydrogen) atoms. The highest BCUT2D eigenvalue weighted by molar-refractivity contribution is 6.33. The zero-order chi connectivity index (χ0) is 10.3. The van der Waals surface area contributed by atoms with Crippen molar-refractivity contribution in [1.82, 2.24) is 0 Å². The molecular formula is C10H10BF3. The number of rotatable bonds is 1. The summed E-state index contributed by atoms with van der Waals surface area (Å²) in [5.41, 5.74) is 0.874. The van der Waals surface area contributed by atoms with Crippen LogP contribution in [-0.4, -0.2) is 7.85 Å². The summed E-state index contributed by atoms with van der Waals surface area (Å²) in [6, 6.07) is 4.47. The first-order chi connectivity index (χ1) is 6.48. The van der Waals surface area contributed by atoms with Crippen LogP contribution in [0.25, 0.3) is 0 Å². The number of halogens is 3. The summed E-state index contributed by atoms with van der Waals surface area (Å²) in [5, 5.41) is 0. The normalized spacial score (nSPS) is 17.1. The van der Waals surface area contributed by atoms with E-state index < -0.39 is 11.7 Å². The van der Waals surface area contributed by atoms with E-state index in [-0.39, 0.29) is 0 Å². The fourth-order valence-corrected chi connectivity index (χ4v) is 1.68. The molecule has 0 spiro atoms. The third-order valence-corrected chi connectivity index (χ3v) is 2.60. The monoisotopic (exact) mass is 198 g/mol. The van der Waals surface area contributed by atoms with E-state index in [1.54, 1.807) is 12.1 Å². The molecule has 0 aromatic heterocycles. The van der Waals surface area contributed by atoms with Crippen molar-refractivity contribution >= 4 is 13.3 Å². The molecule has 1 saturated carbocycles. The van der Waals surface area contributed by atoms with Crippen molar-refractivity contribution in [3.8, 4) is 0 Å². The van der Waals surface area contributed by atoms with Crippen molar-refractivity contribution in [2.45, 2.75) is 24.9 Å². The van der Waals surface area contributed by atoms with Gasteiger partial charge in [0.05, 0.1) is 0 Å². The molecule has 0 heterocycles. The average molecular weight is 198 g/mol. The Balaban J connectivity index is 2.35. The van der Waals surface area contributed by atoms with E-state index in [1.165, 1.54) is 13.9 Å². The molecule has 0 unspecified atom stereocenters. The molecular weight excluding hydrogens is 188 g/mol. The first-order valence-electron chi connectivity index (χ1n) is 4.66. The van der Waals surface area contributed by atoms with Crippen LogP contribution in [-0.2, 0) is 6.18 Å². The van der Waals surface area contributed by atoms with Gasteiger partial charge in [-0.05, 0) is 24.3 Å². The maximum absolute atomic E-state index is 12.4. The van der Waals surface area contributed by atoms with Gasteiger partial charge in [-0.25, -0.2) is 0 Å². The topological polar surface area (TPSA) is 0 Å². The van der Waals surface area contributed by atoms with E-state index in [0.29, 0.717) is 11.4 Å². The quantitative estimate of drug-likeness (QED) is 0.604. The summed E-state index contributed by atoms with van der Waals surface area (Å²) in [4.78, 5) is 0. The fourth-order valence-electron chi connectivity index (χ4n) is 1.68. The molecule has 1 aromatic carbocycles. The second-order valence-corrected chi connectivity index (χ2v) is 3.85. The van der Waals surface area contributed by atoms with Crippen LogP contribution in [0.5, 0.6) is 0 Å². The summed E-state index contributed by atoms with van der Waals surface area (Å²) in [7, 11) is 1.52. The molecule has 0 saturated heterocycles. The van der Waals surface area contributed by atoms with Gasteiger partial charge in [0.25, 0.3) is 0 Å². The van der Waals surface area contributed by atoms with Gasteiger partial charge >= 0.3 is 6.18 Å². The van der Waals surface area contributed by atoms with Gasteiger partial charge < -0.3 is 0 Å². The van der Waals surface area contributed by atoms with Crippen molar-refractivity contribution in [2.24, 2.45) is 0 Å². The summed E-state index contributed by atoms with van der Waals surface area (Å²) in [5.74, 6) is 0.510. The number of hydrogen-bond donors (Lipinski definition) is 0. The van der Waals surface area contributed by atoms with Crippen molar-refractivity contribution < 1.29 is 13.2 Å². The summed E-state index contributed by atoms with van der Waals surface area (Å²) in [6.07, 6.45) is -1.98. The Morgan fingerprint density at radius 1 is 1.21 bits per heavy atom. The van der Waals surface area contributed by atoms with Crippen molar-refractivity contribution in [1.29, 1.82) is 0 Å². The van der Waals surface area contributed by atoms with Crippen molar-refractivity contribution in [2.75, 3.05) is 0 Å². The third kappa shape index (κ3) is 1.79. The summed E-state index contributed by atoms with van der Waals surface area (Å²) in [6.45, 7) is 0. The van der Waals surface area contributed by atoms with Gasteiger partial charge in [0.1, 0.15) is 7.85 Å².